The van der Waals surface area contributed by atoms with Gasteiger partial charge in [-0.15, -0.1) is 0 Å². The van der Waals surface area contributed by atoms with Gasteiger partial charge in [-0.3, -0.25) is 9.36 Å². The number of hydrogen-bond acceptors (Lipinski definition) is 6. The lowest BCUT2D eigenvalue weighted by molar-refractivity contribution is -0.142. The van der Waals surface area contributed by atoms with E-state index in [0.717, 1.165) is 41.7 Å². The summed E-state index contributed by atoms with van der Waals surface area (Å²) in [4.78, 5) is 23.9. The van der Waals surface area contributed by atoms with E-state index in [-0.39, 0.29) is 12.4 Å². The minimum atomic E-state index is -0.259. The monoisotopic (exact) mass is 515 g/mol. The molecule has 2 aliphatic rings. The number of anilines is 2. The first kappa shape index (κ1) is 23.9. The third-order valence-electron chi connectivity index (χ3n) is 7.38. The number of aromatic nitrogens is 3. The number of hydrogen-bond donors (Lipinski definition) is 1. The molecule has 1 unspecified atom stereocenters. The maximum Gasteiger partial charge on any atom is 0.310 e. The minimum Gasteiger partial charge on any atom is -0.466 e. The molecule has 190 valence electrons. The highest BCUT2D eigenvalue weighted by Crippen LogP contribution is 2.40. The summed E-state index contributed by atoms with van der Waals surface area (Å²) < 4.78 is 7.11. The van der Waals surface area contributed by atoms with E-state index in [9.17, 15) is 4.79 Å². The smallest absolute Gasteiger partial charge is 0.310 e. The van der Waals surface area contributed by atoms with E-state index in [0.29, 0.717) is 29.3 Å². The number of likely N-dealkylation sites (N-methyl/N-ethyl adjacent to an activating group) is 1. The molecule has 7 nitrogen and oxygen atoms in total. The van der Waals surface area contributed by atoms with Crippen LogP contribution in [0.25, 0.3) is 16.7 Å². The average Bonchev–Trinajstić information content (AvgIpc) is 3.23. The summed E-state index contributed by atoms with van der Waals surface area (Å²) in [6.45, 7) is 4.26. The second-order valence-corrected chi connectivity index (χ2v) is 10.4. The summed E-state index contributed by atoms with van der Waals surface area (Å²) in [7, 11) is 2.20. The number of rotatable bonds is 6. The zero-order valence-electron chi connectivity index (χ0n) is 21.1. The first-order chi connectivity index (χ1) is 18.0. The van der Waals surface area contributed by atoms with E-state index in [1.165, 1.54) is 24.0 Å². The van der Waals surface area contributed by atoms with Crippen molar-refractivity contribution in [3.8, 4) is 5.82 Å². The summed E-state index contributed by atoms with van der Waals surface area (Å²) in [6, 6.07) is 12.4. The van der Waals surface area contributed by atoms with Gasteiger partial charge in [0.1, 0.15) is 5.02 Å². The number of benzene rings is 2. The summed E-state index contributed by atoms with van der Waals surface area (Å²) in [5.74, 6) is 1.42. The van der Waals surface area contributed by atoms with Gasteiger partial charge in [0, 0.05) is 30.4 Å². The van der Waals surface area contributed by atoms with Crippen LogP contribution in [0.3, 0.4) is 0 Å². The van der Waals surface area contributed by atoms with E-state index in [1.54, 1.807) is 11.8 Å². The maximum absolute atomic E-state index is 12.2. The lowest BCUT2D eigenvalue weighted by Crippen LogP contribution is -2.33. The van der Waals surface area contributed by atoms with Crippen molar-refractivity contribution in [2.24, 2.45) is 0 Å². The molecule has 2 aromatic heterocycles. The van der Waals surface area contributed by atoms with Crippen molar-refractivity contribution >= 4 is 40.1 Å². The fraction of sp³-hybridized carbons (Fsp3) is 0.345. The molecule has 4 aromatic rings. The standard InChI is InChI=1S/C29H30ClN5O2/c1-3-37-26(36)13-20-17-35(25-10-5-4-9-23(20)25)28-24(30)14-31-29(33-28)32-22-11-18-7-6-8-19-15-34(2)16-21(12-22)27(18)19/h4-5,9-12,14,17,19H,3,6-8,13,15-16H2,1-2H3,(H,31,32,33). The number of fused-ring (bicyclic) bond motifs is 1. The molecule has 0 saturated heterocycles. The summed E-state index contributed by atoms with van der Waals surface area (Å²) >= 11 is 6.61. The second kappa shape index (κ2) is 9.80. The molecule has 0 spiro atoms. The minimum absolute atomic E-state index is 0.183. The predicted octanol–water partition coefficient (Wildman–Crippen LogP) is 5.79. The van der Waals surface area contributed by atoms with Crippen molar-refractivity contribution in [2.75, 3.05) is 25.5 Å². The number of nitrogens with zero attached hydrogens (tertiary/aromatic N) is 4. The van der Waals surface area contributed by atoms with E-state index in [2.05, 4.69) is 34.4 Å². The van der Waals surface area contributed by atoms with Crippen LogP contribution in [-0.4, -0.2) is 45.6 Å². The van der Waals surface area contributed by atoms with Gasteiger partial charge < -0.3 is 15.0 Å². The van der Waals surface area contributed by atoms with E-state index >= 15 is 0 Å². The Morgan fingerprint density at radius 2 is 2.08 bits per heavy atom. The lowest BCUT2D eigenvalue weighted by Gasteiger charge is -2.37. The summed E-state index contributed by atoms with van der Waals surface area (Å²) in [5, 5.41) is 4.83. The van der Waals surface area contributed by atoms with Crippen LogP contribution in [-0.2, 0) is 28.9 Å². The van der Waals surface area contributed by atoms with Crippen LogP contribution < -0.4 is 5.32 Å². The van der Waals surface area contributed by atoms with Gasteiger partial charge in [0.05, 0.1) is 24.7 Å². The highest BCUT2D eigenvalue weighted by molar-refractivity contribution is 6.32. The Labute approximate surface area is 221 Å². The summed E-state index contributed by atoms with van der Waals surface area (Å²) in [6.07, 6.45) is 7.33. The van der Waals surface area contributed by atoms with Crippen molar-refractivity contribution in [1.29, 1.82) is 0 Å². The van der Waals surface area contributed by atoms with Gasteiger partial charge in [-0.05, 0) is 79.6 Å². The fourth-order valence-corrected chi connectivity index (χ4v) is 6.14. The number of carbonyl (C=O) groups is 1. The van der Waals surface area contributed by atoms with Crippen molar-refractivity contribution in [1.82, 2.24) is 19.4 Å². The highest BCUT2D eigenvalue weighted by atomic mass is 35.5. The lowest BCUT2D eigenvalue weighted by atomic mass is 9.77. The number of nitrogens with one attached hydrogen (secondary N) is 1. The Bertz CT molecular complexity index is 1500. The number of carbonyl (C=O) groups excluding carboxylic acids is 1. The van der Waals surface area contributed by atoms with E-state index < -0.39 is 0 Å². The molecule has 6 rings (SSSR count). The molecular formula is C29H30ClN5O2. The topological polar surface area (TPSA) is 72.3 Å². The van der Waals surface area contributed by atoms with Crippen molar-refractivity contribution in [2.45, 2.75) is 45.1 Å². The highest BCUT2D eigenvalue weighted by Gasteiger charge is 2.29. The van der Waals surface area contributed by atoms with Crippen molar-refractivity contribution in [3.05, 3.63) is 76.1 Å². The number of para-hydroxylation sites is 1. The van der Waals surface area contributed by atoms with Crippen molar-refractivity contribution in [3.63, 3.8) is 0 Å². The second-order valence-electron chi connectivity index (χ2n) is 10.0. The van der Waals surface area contributed by atoms with Crippen LogP contribution in [0, 0.1) is 0 Å². The van der Waals surface area contributed by atoms with Crippen LogP contribution in [0.15, 0.2) is 48.8 Å². The molecule has 2 aromatic carbocycles. The number of ether oxygens (including phenoxy) is 1. The van der Waals surface area contributed by atoms with Crippen LogP contribution in [0.5, 0.6) is 0 Å². The molecule has 0 fully saturated rings. The Morgan fingerprint density at radius 3 is 2.95 bits per heavy atom. The molecular weight excluding hydrogens is 486 g/mol. The van der Waals surface area contributed by atoms with Crippen LogP contribution >= 0.6 is 11.6 Å². The van der Waals surface area contributed by atoms with Gasteiger partial charge in [0.2, 0.25) is 5.95 Å². The average molecular weight is 516 g/mol. The first-order valence-electron chi connectivity index (χ1n) is 12.9. The SMILES string of the molecule is CCOC(=O)Cc1cn(-c2nc(Nc3cc4c5c(c3)CN(C)CC5CCC4)ncc2Cl)c2ccccc12. The number of esters is 1. The molecule has 0 radical (unpaired) electrons. The van der Waals surface area contributed by atoms with E-state index in [4.69, 9.17) is 21.3 Å². The largest absolute Gasteiger partial charge is 0.466 e. The van der Waals surface area contributed by atoms with Gasteiger partial charge in [-0.2, -0.15) is 4.98 Å². The molecule has 1 aliphatic carbocycles. The molecule has 0 saturated carbocycles. The van der Waals surface area contributed by atoms with Gasteiger partial charge in [0.25, 0.3) is 0 Å². The van der Waals surface area contributed by atoms with E-state index in [1.807, 2.05) is 42.0 Å². The van der Waals surface area contributed by atoms with Gasteiger partial charge in [0.15, 0.2) is 5.82 Å². The molecule has 0 bridgehead atoms. The fourth-order valence-electron chi connectivity index (χ4n) is 5.96. The van der Waals surface area contributed by atoms with Gasteiger partial charge in [-0.1, -0.05) is 29.8 Å². The van der Waals surface area contributed by atoms with Gasteiger partial charge in [-0.25, -0.2) is 4.98 Å². The number of aryl methyl sites for hydroxylation is 1. The molecule has 1 atom stereocenters. The Hall–Kier alpha value is -3.42. The molecule has 3 heterocycles. The maximum atomic E-state index is 12.2. The zero-order chi connectivity index (χ0) is 25.5. The number of halogens is 1. The van der Waals surface area contributed by atoms with Crippen LogP contribution in [0.4, 0.5) is 11.6 Å². The quantitative estimate of drug-likeness (QED) is 0.328. The third kappa shape index (κ3) is 4.58. The molecule has 1 N–H and O–H groups in total. The van der Waals surface area contributed by atoms with Crippen LogP contribution in [0.1, 0.15) is 47.9 Å². The molecule has 1 aliphatic heterocycles. The molecule has 37 heavy (non-hydrogen) atoms. The van der Waals surface area contributed by atoms with Crippen molar-refractivity contribution < 1.29 is 9.53 Å². The Morgan fingerprint density at radius 1 is 1.24 bits per heavy atom. The van der Waals surface area contributed by atoms with Crippen LogP contribution in [0.2, 0.25) is 5.02 Å². The Balaban J connectivity index is 1.36. The normalized spacial score (nSPS) is 17.0. The zero-order valence-corrected chi connectivity index (χ0v) is 21.9. The first-order valence-corrected chi connectivity index (χ1v) is 13.3. The van der Waals surface area contributed by atoms with Gasteiger partial charge >= 0.3 is 5.97 Å². The third-order valence-corrected chi connectivity index (χ3v) is 7.64. The Kier molecular flexibility index (Phi) is 6.34. The predicted molar refractivity (Wildman–Crippen MR) is 146 cm³/mol. The molecule has 8 heteroatoms. The summed E-state index contributed by atoms with van der Waals surface area (Å²) in [5.41, 5.74) is 7.18. The molecule has 0 amide bonds.